The molecule has 128 valence electrons. The van der Waals surface area contributed by atoms with Crippen LogP contribution in [-0.2, 0) is 21.4 Å². The normalized spacial score (nSPS) is 20.8. The summed E-state index contributed by atoms with van der Waals surface area (Å²) in [5.41, 5.74) is 0.832. The van der Waals surface area contributed by atoms with Crippen molar-refractivity contribution in [2.45, 2.75) is 32.9 Å². The minimum absolute atomic E-state index is 0.0702. The van der Waals surface area contributed by atoms with Gasteiger partial charge >= 0.3 is 0 Å². The molecule has 1 heterocycles. The van der Waals surface area contributed by atoms with Gasteiger partial charge in [0.2, 0.25) is 15.9 Å². The van der Waals surface area contributed by atoms with Gasteiger partial charge in [0.25, 0.3) is 0 Å². The Morgan fingerprint density at radius 2 is 1.87 bits per heavy atom. The first-order valence-electron chi connectivity index (χ1n) is 7.67. The van der Waals surface area contributed by atoms with Crippen LogP contribution in [0.25, 0.3) is 0 Å². The molecule has 7 heteroatoms. The Kier molecular flexibility index (Phi) is 5.41. The van der Waals surface area contributed by atoms with E-state index in [1.807, 2.05) is 13.8 Å². The lowest BCUT2D eigenvalue weighted by Crippen LogP contribution is -2.46. The number of amides is 1. The zero-order chi connectivity index (χ0) is 17.2. The summed E-state index contributed by atoms with van der Waals surface area (Å²) in [5, 5.41) is 0. The van der Waals surface area contributed by atoms with Gasteiger partial charge in [0, 0.05) is 32.1 Å². The van der Waals surface area contributed by atoms with Crippen LogP contribution in [0, 0.1) is 11.7 Å². The smallest absolute Gasteiger partial charge is 0.224 e. The lowest BCUT2D eigenvalue weighted by molar-refractivity contribution is -0.134. The molecule has 0 spiro atoms. The lowest BCUT2D eigenvalue weighted by atomic mass is 10.0. The van der Waals surface area contributed by atoms with Crippen molar-refractivity contribution >= 4 is 15.9 Å². The molecule has 1 aliphatic rings. The van der Waals surface area contributed by atoms with E-state index in [4.69, 9.17) is 0 Å². The van der Waals surface area contributed by atoms with Gasteiger partial charge in [0.15, 0.2) is 0 Å². The van der Waals surface area contributed by atoms with Gasteiger partial charge in [0.1, 0.15) is 5.82 Å². The van der Waals surface area contributed by atoms with Gasteiger partial charge in [-0.1, -0.05) is 26.0 Å². The highest BCUT2D eigenvalue weighted by molar-refractivity contribution is 7.88. The maximum atomic E-state index is 13.0. The van der Waals surface area contributed by atoms with Crippen molar-refractivity contribution in [1.29, 1.82) is 0 Å². The highest BCUT2D eigenvalue weighted by Gasteiger charge is 2.34. The van der Waals surface area contributed by atoms with Gasteiger partial charge in [-0.05, 0) is 23.6 Å². The van der Waals surface area contributed by atoms with Crippen molar-refractivity contribution < 1.29 is 17.6 Å². The maximum absolute atomic E-state index is 13.0. The van der Waals surface area contributed by atoms with Crippen molar-refractivity contribution in [3.8, 4) is 0 Å². The fourth-order valence-corrected chi connectivity index (χ4v) is 3.66. The zero-order valence-corrected chi connectivity index (χ0v) is 14.5. The van der Waals surface area contributed by atoms with Crippen LogP contribution in [0.3, 0.4) is 0 Å². The van der Waals surface area contributed by atoms with Crippen molar-refractivity contribution in [2.75, 3.05) is 19.3 Å². The fourth-order valence-electron chi connectivity index (χ4n) is 2.81. The molecule has 23 heavy (non-hydrogen) atoms. The van der Waals surface area contributed by atoms with Crippen LogP contribution in [0.15, 0.2) is 24.3 Å². The third kappa shape index (κ3) is 4.51. The molecule has 1 aromatic rings. The summed E-state index contributed by atoms with van der Waals surface area (Å²) < 4.78 is 38.2. The molecule has 0 unspecified atom stereocenters. The fraction of sp³-hybridized carbons (Fsp3) is 0.562. The summed E-state index contributed by atoms with van der Waals surface area (Å²) in [4.78, 5) is 14.2. The number of rotatable bonds is 4. The second-order valence-corrected chi connectivity index (χ2v) is 8.31. The Labute approximate surface area is 137 Å². The molecule has 0 aromatic heterocycles. The zero-order valence-electron chi connectivity index (χ0n) is 13.7. The van der Waals surface area contributed by atoms with Gasteiger partial charge in [0.05, 0.1) is 6.26 Å². The topological polar surface area (TPSA) is 57.7 Å². The van der Waals surface area contributed by atoms with Gasteiger partial charge < -0.3 is 4.90 Å². The van der Waals surface area contributed by atoms with E-state index in [1.165, 1.54) is 22.7 Å². The highest BCUT2D eigenvalue weighted by Crippen LogP contribution is 2.22. The number of hydrogen-bond donors (Lipinski definition) is 0. The van der Waals surface area contributed by atoms with Crippen LogP contribution in [0.5, 0.6) is 0 Å². The van der Waals surface area contributed by atoms with Crippen molar-refractivity contribution in [3.05, 3.63) is 35.6 Å². The van der Waals surface area contributed by atoms with Crippen LogP contribution in [0.4, 0.5) is 4.39 Å². The Bertz CT molecular complexity index is 658. The Morgan fingerprint density at radius 3 is 2.39 bits per heavy atom. The van der Waals surface area contributed by atoms with Crippen LogP contribution in [0.1, 0.15) is 25.8 Å². The summed E-state index contributed by atoms with van der Waals surface area (Å²) in [6, 6.07) is 5.83. The molecule has 0 bridgehead atoms. The molecule has 0 saturated carbocycles. The number of hydrogen-bond acceptors (Lipinski definition) is 3. The van der Waals surface area contributed by atoms with Crippen molar-refractivity contribution in [2.24, 2.45) is 5.92 Å². The predicted octanol–water partition coefficient (Wildman–Crippen LogP) is 1.84. The van der Waals surface area contributed by atoms with Gasteiger partial charge in [-0.2, -0.15) is 4.31 Å². The van der Waals surface area contributed by atoms with E-state index in [1.54, 1.807) is 17.0 Å². The lowest BCUT2D eigenvalue weighted by Gasteiger charge is -2.34. The first-order chi connectivity index (χ1) is 10.7. The van der Waals surface area contributed by atoms with E-state index >= 15 is 0 Å². The van der Waals surface area contributed by atoms with E-state index < -0.39 is 10.0 Å². The molecule has 5 nitrogen and oxygen atoms in total. The Balaban J connectivity index is 2.27. The largest absolute Gasteiger partial charge is 0.334 e. The maximum Gasteiger partial charge on any atom is 0.224 e. The average Bonchev–Trinajstić information content (AvgIpc) is 2.61. The first-order valence-corrected chi connectivity index (χ1v) is 9.52. The van der Waals surface area contributed by atoms with Crippen LogP contribution >= 0.6 is 0 Å². The van der Waals surface area contributed by atoms with Gasteiger partial charge in [-0.25, -0.2) is 12.8 Å². The van der Waals surface area contributed by atoms with E-state index in [9.17, 15) is 17.6 Å². The van der Waals surface area contributed by atoms with Crippen molar-refractivity contribution in [3.63, 3.8) is 0 Å². The molecule has 1 amide bonds. The number of sulfonamides is 1. The molecule has 1 fully saturated rings. The number of benzene rings is 1. The predicted molar refractivity (Wildman–Crippen MR) is 86.6 cm³/mol. The summed E-state index contributed by atoms with van der Waals surface area (Å²) in [6.45, 7) is 4.81. The monoisotopic (exact) mass is 342 g/mol. The van der Waals surface area contributed by atoms with Crippen LogP contribution in [-0.4, -0.2) is 48.9 Å². The highest BCUT2D eigenvalue weighted by atomic mass is 32.2. The summed E-state index contributed by atoms with van der Waals surface area (Å²) in [6.07, 6.45) is 1.34. The molecule has 2 rings (SSSR count). The number of carbonyl (C=O) groups is 1. The van der Waals surface area contributed by atoms with Gasteiger partial charge in [-0.3, -0.25) is 4.79 Å². The second-order valence-electron chi connectivity index (χ2n) is 6.33. The van der Waals surface area contributed by atoms with E-state index in [0.29, 0.717) is 13.1 Å². The van der Waals surface area contributed by atoms with E-state index in [-0.39, 0.29) is 36.6 Å². The summed E-state index contributed by atoms with van der Waals surface area (Å²) in [7, 11) is -3.34. The van der Waals surface area contributed by atoms with E-state index in [0.717, 1.165) is 5.56 Å². The molecule has 0 aliphatic carbocycles. The molecular weight excluding hydrogens is 319 g/mol. The second kappa shape index (κ2) is 6.97. The minimum Gasteiger partial charge on any atom is -0.334 e. The molecule has 1 aliphatic heterocycles. The standard InChI is InChI=1S/C16H23FN2O3S/c1-12(2)15-11-18(23(3,21)22)9-8-16(20)19(15)10-13-4-6-14(17)7-5-13/h4-7,12,15H,8-11H2,1-3H3/t15-/m1/s1. The van der Waals surface area contributed by atoms with Gasteiger partial charge in [-0.15, -0.1) is 0 Å². The molecular formula is C16H23FN2O3S. The third-order valence-electron chi connectivity index (χ3n) is 4.19. The molecule has 1 atom stereocenters. The average molecular weight is 342 g/mol. The van der Waals surface area contributed by atoms with Crippen LogP contribution < -0.4 is 0 Å². The molecule has 0 radical (unpaired) electrons. The molecule has 1 saturated heterocycles. The Hall–Kier alpha value is -1.47. The van der Waals surface area contributed by atoms with Crippen molar-refractivity contribution in [1.82, 2.24) is 9.21 Å². The first kappa shape index (κ1) is 17.9. The summed E-state index contributed by atoms with van der Waals surface area (Å²) >= 11 is 0. The SMILES string of the molecule is CC(C)[C@H]1CN(S(C)(=O)=O)CCC(=O)N1Cc1ccc(F)cc1. The summed E-state index contributed by atoms with van der Waals surface area (Å²) in [5.74, 6) is -0.277. The van der Waals surface area contributed by atoms with Crippen LogP contribution in [0.2, 0.25) is 0 Å². The van der Waals surface area contributed by atoms with E-state index in [2.05, 4.69) is 0 Å². The molecule has 1 aromatic carbocycles. The molecule has 0 N–H and O–H groups in total. The number of halogens is 1. The quantitative estimate of drug-likeness (QED) is 0.839. The Morgan fingerprint density at radius 1 is 1.26 bits per heavy atom. The number of carbonyl (C=O) groups excluding carboxylic acids is 1. The third-order valence-corrected chi connectivity index (χ3v) is 5.46. The minimum atomic E-state index is -3.34. The number of nitrogens with zero attached hydrogens (tertiary/aromatic N) is 2.